The van der Waals surface area contributed by atoms with Crippen LogP contribution in [0.2, 0.25) is 0 Å². The third-order valence-corrected chi connectivity index (χ3v) is 3.41. The lowest BCUT2D eigenvalue weighted by atomic mass is 10.1. The van der Waals surface area contributed by atoms with Crippen molar-refractivity contribution in [3.63, 3.8) is 0 Å². The zero-order chi connectivity index (χ0) is 10.1. The van der Waals surface area contributed by atoms with Crippen LogP contribution in [0.3, 0.4) is 0 Å². The summed E-state index contributed by atoms with van der Waals surface area (Å²) in [5.41, 5.74) is -0.395. The van der Waals surface area contributed by atoms with Gasteiger partial charge >= 0.3 is 0 Å². The van der Waals surface area contributed by atoms with Crippen LogP contribution in [0.25, 0.3) is 0 Å². The normalized spacial score (nSPS) is 24.2. The monoisotopic (exact) mass is 205 g/mol. The van der Waals surface area contributed by atoms with Crippen LogP contribution in [0.4, 0.5) is 0 Å². The Bertz CT molecular complexity index is 295. The molecule has 0 aromatic rings. The van der Waals surface area contributed by atoms with Crippen LogP contribution in [-0.4, -0.2) is 38.0 Å². The van der Waals surface area contributed by atoms with E-state index in [1.54, 1.807) is 0 Å². The van der Waals surface area contributed by atoms with Crippen molar-refractivity contribution < 1.29 is 13.2 Å². The van der Waals surface area contributed by atoms with Gasteiger partial charge in [0.2, 0.25) is 10.0 Å². The first kappa shape index (κ1) is 10.7. The number of rotatable bonds is 2. The predicted octanol–water partition coefficient (Wildman–Crippen LogP) is 0.570. The standard InChI is InChI=1S/C8H15NO3S/c1-4-13(10,11)9-5-6-12-8(2,3)7-9/h4H,1,5-7H2,2-3H3. The molecule has 0 bridgehead atoms. The van der Waals surface area contributed by atoms with Crippen molar-refractivity contribution in [1.82, 2.24) is 4.31 Å². The van der Waals surface area contributed by atoms with E-state index in [4.69, 9.17) is 4.74 Å². The fourth-order valence-electron chi connectivity index (χ4n) is 1.30. The van der Waals surface area contributed by atoms with Gasteiger partial charge < -0.3 is 4.74 Å². The SMILES string of the molecule is C=CS(=O)(=O)N1CCOC(C)(C)C1. The van der Waals surface area contributed by atoms with Crippen molar-refractivity contribution in [1.29, 1.82) is 0 Å². The summed E-state index contributed by atoms with van der Waals surface area (Å²) < 4.78 is 29.6. The van der Waals surface area contributed by atoms with Gasteiger partial charge in [-0.15, -0.1) is 0 Å². The average Bonchev–Trinajstić information content (AvgIpc) is 2.03. The van der Waals surface area contributed by atoms with E-state index in [1.807, 2.05) is 13.8 Å². The summed E-state index contributed by atoms with van der Waals surface area (Å²) in [4.78, 5) is 0. The third kappa shape index (κ3) is 2.52. The Hall–Kier alpha value is -0.390. The summed E-state index contributed by atoms with van der Waals surface area (Å²) in [7, 11) is -3.28. The van der Waals surface area contributed by atoms with E-state index in [0.717, 1.165) is 5.41 Å². The number of ether oxygens (including phenoxy) is 1. The first-order chi connectivity index (χ1) is 5.87. The molecule has 0 radical (unpaired) electrons. The minimum absolute atomic E-state index is 0.390. The minimum Gasteiger partial charge on any atom is -0.373 e. The van der Waals surface area contributed by atoms with Gasteiger partial charge in [-0.2, -0.15) is 4.31 Å². The molecule has 0 spiro atoms. The van der Waals surface area contributed by atoms with Crippen LogP contribution in [0.15, 0.2) is 12.0 Å². The fraction of sp³-hybridized carbons (Fsp3) is 0.750. The molecule has 5 heteroatoms. The molecule has 1 aliphatic rings. The number of hydrogen-bond donors (Lipinski definition) is 0. The molecule has 0 aliphatic carbocycles. The fourth-order valence-corrected chi connectivity index (χ4v) is 2.33. The highest BCUT2D eigenvalue weighted by Gasteiger charge is 2.32. The molecule has 1 aliphatic heterocycles. The smallest absolute Gasteiger partial charge is 0.235 e. The predicted molar refractivity (Wildman–Crippen MR) is 50.7 cm³/mol. The maximum atomic E-state index is 11.4. The molecule has 1 saturated heterocycles. The van der Waals surface area contributed by atoms with Crippen LogP contribution in [0.1, 0.15) is 13.8 Å². The second kappa shape index (κ2) is 3.40. The molecular weight excluding hydrogens is 190 g/mol. The minimum atomic E-state index is -3.28. The second-order valence-corrected chi connectivity index (χ2v) is 5.53. The van der Waals surface area contributed by atoms with E-state index in [9.17, 15) is 8.42 Å². The van der Waals surface area contributed by atoms with E-state index in [-0.39, 0.29) is 0 Å². The van der Waals surface area contributed by atoms with Gasteiger partial charge in [0.05, 0.1) is 12.2 Å². The molecule has 0 N–H and O–H groups in total. The first-order valence-electron chi connectivity index (χ1n) is 4.14. The maximum absolute atomic E-state index is 11.4. The van der Waals surface area contributed by atoms with Gasteiger partial charge in [0.15, 0.2) is 0 Å². The molecule has 1 fully saturated rings. The molecule has 0 atom stereocenters. The van der Waals surface area contributed by atoms with Gasteiger partial charge in [0.25, 0.3) is 0 Å². The van der Waals surface area contributed by atoms with Crippen LogP contribution >= 0.6 is 0 Å². The van der Waals surface area contributed by atoms with E-state index >= 15 is 0 Å². The topological polar surface area (TPSA) is 46.6 Å². The summed E-state index contributed by atoms with van der Waals surface area (Å²) >= 11 is 0. The van der Waals surface area contributed by atoms with Gasteiger partial charge in [-0.3, -0.25) is 0 Å². The van der Waals surface area contributed by atoms with Crippen molar-refractivity contribution in [2.24, 2.45) is 0 Å². The summed E-state index contributed by atoms with van der Waals surface area (Å²) in [6, 6.07) is 0. The Labute approximate surface area is 79.2 Å². The third-order valence-electron chi connectivity index (χ3n) is 1.96. The van der Waals surface area contributed by atoms with E-state index < -0.39 is 15.6 Å². The van der Waals surface area contributed by atoms with Crippen LogP contribution < -0.4 is 0 Å². The van der Waals surface area contributed by atoms with Crippen LogP contribution in [0, 0.1) is 0 Å². The molecule has 0 aromatic carbocycles. The molecule has 0 saturated carbocycles. The van der Waals surface area contributed by atoms with Crippen LogP contribution in [0.5, 0.6) is 0 Å². The zero-order valence-electron chi connectivity index (χ0n) is 7.99. The lowest BCUT2D eigenvalue weighted by Crippen LogP contribution is -2.49. The van der Waals surface area contributed by atoms with Crippen LogP contribution in [-0.2, 0) is 14.8 Å². The number of nitrogens with zero attached hydrogens (tertiary/aromatic N) is 1. The molecule has 1 heterocycles. The van der Waals surface area contributed by atoms with Gasteiger partial charge in [-0.25, -0.2) is 8.42 Å². The van der Waals surface area contributed by atoms with E-state index in [2.05, 4.69) is 6.58 Å². The molecule has 0 unspecified atom stereocenters. The number of sulfonamides is 1. The summed E-state index contributed by atoms with van der Waals surface area (Å²) in [6.07, 6.45) is 0. The Kier molecular flexibility index (Phi) is 2.79. The first-order valence-corrected chi connectivity index (χ1v) is 5.64. The Morgan fingerprint density at radius 1 is 1.54 bits per heavy atom. The van der Waals surface area contributed by atoms with Crippen molar-refractivity contribution in [3.05, 3.63) is 12.0 Å². The van der Waals surface area contributed by atoms with E-state index in [1.165, 1.54) is 4.31 Å². The Morgan fingerprint density at radius 3 is 2.62 bits per heavy atom. The molecule has 13 heavy (non-hydrogen) atoms. The highest BCUT2D eigenvalue weighted by Crippen LogP contribution is 2.19. The zero-order valence-corrected chi connectivity index (χ0v) is 8.80. The van der Waals surface area contributed by atoms with Gasteiger partial charge in [-0.1, -0.05) is 6.58 Å². The van der Waals surface area contributed by atoms with Crippen molar-refractivity contribution >= 4 is 10.0 Å². The van der Waals surface area contributed by atoms with Gasteiger partial charge in [0, 0.05) is 18.5 Å². The summed E-state index contributed by atoms with van der Waals surface area (Å²) in [5.74, 6) is 0. The number of morpholine rings is 1. The van der Waals surface area contributed by atoms with E-state index in [0.29, 0.717) is 19.7 Å². The second-order valence-electron chi connectivity index (χ2n) is 3.65. The lowest BCUT2D eigenvalue weighted by molar-refractivity contribution is -0.0637. The summed E-state index contributed by atoms with van der Waals surface area (Å²) in [6.45, 7) is 8.28. The largest absolute Gasteiger partial charge is 0.373 e. The van der Waals surface area contributed by atoms with Crippen molar-refractivity contribution in [2.75, 3.05) is 19.7 Å². The average molecular weight is 205 g/mol. The van der Waals surface area contributed by atoms with Gasteiger partial charge in [0.1, 0.15) is 0 Å². The molecule has 0 amide bonds. The Morgan fingerprint density at radius 2 is 2.15 bits per heavy atom. The number of hydrogen-bond acceptors (Lipinski definition) is 3. The molecule has 0 aromatic heterocycles. The quantitative estimate of drug-likeness (QED) is 0.662. The van der Waals surface area contributed by atoms with Gasteiger partial charge in [-0.05, 0) is 13.8 Å². The van der Waals surface area contributed by atoms with Crippen molar-refractivity contribution in [2.45, 2.75) is 19.4 Å². The maximum Gasteiger partial charge on any atom is 0.235 e. The molecule has 1 rings (SSSR count). The molecule has 4 nitrogen and oxygen atoms in total. The lowest BCUT2D eigenvalue weighted by Gasteiger charge is -2.36. The Balaban J connectivity index is 2.79. The van der Waals surface area contributed by atoms with Crippen molar-refractivity contribution in [3.8, 4) is 0 Å². The summed E-state index contributed by atoms with van der Waals surface area (Å²) in [5, 5.41) is 0.981. The molecule has 76 valence electrons. The molecular formula is C8H15NO3S. The highest BCUT2D eigenvalue weighted by atomic mass is 32.2. The highest BCUT2D eigenvalue weighted by molar-refractivity contribution is 7.92.